The summed E-state index contributed by atoms with van der Waals surface area (Å²) < 4.78 is 7.33. The number of carbonyl (C=O) groups is 4. The fourth-order valence-corrected chi connectivity index (χ4v) is 8.06. The van der Waals surface area contributed by atoms with Crippen molar-refractivity contribution in [1.82, 2.24) is 9.47 Å². The SMILES string of the molecule is CCCCCCCCn1c(=C2SC(=S)N(CC(=O)O)C2=O)sc(=CC=C2Sc3ccc(OC=O)cc3N2CC(=O)O)c1=O. The molecule has 11 nitrogen and oxygen atoms in total. The van der Waals surface area contributed by atoms with Crippen LogP contribution in [0.1, 0.15) is 45.4 Å². The molecule has 15 heteroatoms. The van der Waals surface area contributed by atoms with Crippen molar-refractivity contribution < 1.29 is 34.1 Å². The molecule has 1 saturated heterocycles. The molecule has 4 rings (SSSR count). The number of hydrogen-bond donors (Lipinski definition) is 2. The van der Waals surface area contributed by atoms with Gasteiger partial charge >= 0.3 is 11.9 Å². The highest BCUT2D eigenvalue weighted by Crippen LogP contribution is 2.47. The molecule has 228 valence electrons. The molecule has 0 aliphatic carbocycles. The summed E-state index contributed by atoms with van der Waals surface area (Å²) in [6, 6.07) is 4.89. The lowest BCUT2D eigenvalue weighted by Crippen LogP contribution is -2.35. The average Bonchev–Trinajstić information content (AvgIpc) is 3.55. The van der Waals surface area contributed by atoms with E-state index in [0.717, 1.165) is 71.4 Å². The minimum atomic E-state index is -1.19. The van der Waals surface area contributed by atoms with E-state index in [1.165, 1.54) is 11.8 Å². The Hall–Kier alpha value is -3.40. The number of anilines is 1. The van der Waals surface area contributed by atoms with Crippen LogP contribution in [-0.4, -0.2) is 61.4 Å². The van der Waals surface area contributed by atoms with Crippen LogP contribution in [0.2, 0.25) is 0 Å². The van der Waals surface area contributed by atoms with Crippen LogP contribution >= 0.6 is 47.1 Å². The Labute approximate surface area is 264 Å². The maximum absolute atomic E-state index is 13.6. The number of allylic oxidation sites excluding steroid dienone is 1. The van der Waals surface area contributed by atoms with Crippen LogP contribution in [0.4, 0.5) is 5.69 Å². The van der Waals surface area contributed by atoms with Crippen LogP contribution in [0.25, 0.3) is 11.0 Å². The molecule has 0 atom stereocenters. The first-order chi connectivity index (χ1) is 20.6. The van der Waals surface area contributed by atoms with E-state index in [2.05, 4.69) is 6.92 Å². The van der Waals surface area contributed by atoms with Crippen LogP contribution < -0.4 is 24.4 Å². The number of carbonyl (C=O) groups excluding carboxylic acids is 2. The molecule has 2 aliphatic heterocycles. The summed E-state index contributed by atoms with van der Waals surface area (Å²) in [5, 5.41) is 19.3. The van der Waals surface area contributed by atoms with E-state index in [-0.39, 0.29) is 27.1 Å². The number of benzene rings is 1. The van der Waals surface area contributed by atoms with Crippen LogP contribution in [-0.2, 0) is 25.7 Å². The topological polar surface area (TPSA) is 146 Å². The van der Waals surface area contributed by atoms with Crippen LogP contribution in [0.15, 0.2) is 39.0 Å². The third-order valence-electron chi connectivity index (χ3n) is 6.54. The third kappa shape index (κ3) is 7.77. The van der Waals surface area contributed by atoms with Gasteiger partial charge in [-0.3, -0.25) is 33.4 Å². The second-order valence-electron chi connectivity index (χ2n) is 9.58. The number of aliphatic carboxylic acids is 2. The number of carboxylic acid groups (broad SMARTS) is 2. The second kappa shape index (κ2) is 14.9. The van der Waals surface area contributed by atoms with Crippen LogP contribution in [0.5, 0.6) is 5.75 Å². The molecule has 1 amide bonds. The summed E-state index contributed by atoms with van der Waals surface area (Å²) in [5.41, 5.74) is 0.246. The van der Waals surface area contributed by atoms with Gasteiger partial charge < -0.3 is 19.8 Å². The number of aromatic nitrogens is 1. The van der Waals surface area contributed by atoms with E-state index in [0.29, 0.717) is 32.9 Å². The minimum Gasteiger partial charge on any atom is -0.480 e. The van der Waals surface area contributed by atoms with E-state index < -0.39 is 24.4 Å². The number of rotatable bonds is 14. The number of unbranched alkanes of at least 4 members (excludes halogenated alkanes) is 5. The molecular weight excluding hydrogens is 635 g/mol. The van der Waals surface area contributed by atoms with Gasteiger partial charge in [0.15, 0.2) is 0 Å². The summed E-state index contributed by atoms with van der Waals surface area (Å²) >= 11 is 8.67. The smallest absolute Gasteiger partial charge is 0.323 e. The normalized spacial score (nSPS) is 17.2. The van der Waals surface area contributed by atoms with E-state index in [1.54, 1.807) is 39.8 Å². The lowest BCUT2D eigenvalue weighted by molar-refractivity contribution is -0.140. The van der Waals surface area contributed by atoms with Crippen molar-refractivity contribution in [3.05, 3.63) is 48.9 Å². The first kappa shape index (κ1) is 32.5. The van der Waals surface area contributed by atoms with Crippen molar-refractivity contribution in [3.8, 4) is 5.75 Å². The van der Waals surface area contributed by atoms with Crippen molar-refractivity contribution in [2.24, 2.45) is 0 Å². The molecule has 0 bridgehead atoms. The Balaban J connectivity index is 1.75. The van der Waals surface area contributed by atoms with Crippen molar-refractivity contribution >= 4 is 92.4 Å². The van der Waals surface area contributed by atoms with Crippen molar-refractivity contribution in [1.29, 1.82) is 0 Å². The first-order valence-corrected chi connectivity index (χ1v) is 16.3. The molecule has 2 aliphatic rings. The Morgan fingerprint density at radius 1 is 0.977 bits per heavy atom. The Bertz CT molecular complexity index is 1660. The van der Waals surface area contributed by atoms with Gasteiger partial charge in [-0.15, -0.1) is 11.3 Å². The molecule has 1 aromatic carbocycles. The number of nitrogens with zero attached hydrogens (tertiary/aromatic N) is 3. The van der Waals surface area contributed by atoms with E-state index >= 15 is 0 Å². The third-order valence-corrected chi connectivity index (χ3v) is 10.4. The minimum absolute atomic E-state index is 0.115. The molecular formula is C28H29N3O8S4. The number of ether oxygens (including phenoxy) is 1. The van der Waals surface area contributed by atoms with Gasteiger partial charge in [-0.1, -0.05) is 74.8 Å². The summed E-state index contributed by atoms with van der Waals surface area (Å²) in [6.45, 7) is 1.89. The van der Waals surface area contributed by atoms with E-state index in [1.807, 2.05) is 0 Å². The zero-order valence-electron chi connectivity index (χ0n) is 23.1. The highest BCUT2D eigenvalue weighted by Gasteiger charge is 2.35. The number of amides is 1. The molecule has 0 saturated carbocycles. The zero-order valence-corrected chi connectivity index (χ0v) is 26.4. The van der Waals surface area contributed by atoms with Gasteiger partial charge in [-0.2, -0.15) is 0 Å². The van der Waals surface area contributed by atoms with Crippen LogP contribution in [0, 0.1) is 0 Å². The van der Waals surface area contributed by atoms with Crippen molar-refractivity contribution in [2.45, 2.75) is 56.9 Å². The first-order valence-electron chi connectivity index (χ1n) is 13.5. The van der Waals surface area contributed by atoms with E-state index in [9.17, 15) is 34.2 Å². The predicted molar refractivity (Wildman–Crippen MR) is 171 cm³/mol. The predicted octanol–water partition coefficient (Wildman–Crippen LogP) is 3.18. The van der Waals surface area contributed by atoms with Gasteiger partial charge in [0.25, 0.3) is 17.9 Å². The number of fused-ring (bicyclic) bond motifs is 1. The van der Waals surface area contributed by atoms with Crippen molar-refractivity contribution in [3.63, 3.8) is 0 Å². The molecule has 0 unspecified atom stereocenters. The van der Waals surface area contributed by atoms with Gasteiger partial charge in [-0.25, -0.2) is 0 Å². The summed E-state index contributed by atoms with van der Waals surface area (Å²) in [4.78, 5) is 64.1. The number of carboxylic acids is 2. The quantitative estimate of drug-likeness (QED) is 0.174. The second-order valence-corrected chi connectivity index (χ2v) is 13.3. The summed E-state index contributed by atoms with van der Waals surface area (Å²) in [7, 11) is 0. The number of thioether (sulfide) groups is 2. The average molecular weight is 664 g/mol. The van der Waals surface area contributed by atoms with Gasteiger partial charge in [0.1, 0.15) is 32.7 Å². The fraction of sp³-hybridized carbons (Fsp3) is 0.357. The molecule has 3 heterocycles. The van der Waals surface area contributed by atoms with Gasteiger partial charge in [0, 0.05) is 17.5 Å². The molecule has 0 radical (unpaired) electrons. The Morgan fingerprint density at radius 3 is 2.37 bits per heavy atom. The van der Waals surface area contributed by atoms with Crippen molar-refractivity contribution in [2.75, 3.05) is 18.0 Å². The largest absolute Gasteiger partial charge is 0.480 e. The molecule has 43 heavy (non-hydrogen) atoms. The molecule has 0 spiro atoms. The lowest BCUT2D eigenvalue weighted by atomic mass is 10.1. The fourth-order valence-electron chi connectivity index (χ4n) is 4.53. The lowest BCUT2D eigenvalue weighted by Gasteiger charge is -2.17. The number of hydrogen-bond acceptors (Lipinski definition) is 11. The molecule has 2 N–H and O–H groups in total. The molecule has 1 aromatic heterocycles. The monoisotopic (exact) mass is 663 g/mol. The van der Waals surface area contributed by atoms with Crippen LogP contribution in [0.3, 0.4) is 0 Å². The Kier molecular flexibility index (Phi) is 11.2. The zero-order chi connectivity index (χ0) is 31.1. The standard InChI is InChI=1S/C28H29N3O8S4/c1-2-3-4-5-6-7-12-29-25(37)20(42-27(29)24-26(38)31(15-23(35)36)28(40)43-24)10-11-21-30(14-22(33)34)18-13-17(39-16-32)8-9-19(18)41-21/h8-11,13,16H,2-7,12,14-15H2,1H3,(H,33,34)(H,35,36). The molecule has 1 fully saturated rings. The van der Waals surface area contributed by atoms with Gasteiger partial charge in [0.05, 0.1) is 15.2 Å². The van der Waals surface area contributed by atoms with Gasteiger partial charge in [-0.05, 0) is 30.7 Å². The summed E-state index contributed by atoms with van der Waals surface area (Å²) in [6.07, 6.45) is 9.29. The Morgan fingerprint density at radius 2 is 1.67 bits per heavy atom. The maximum Gasteiger partial charge on any atom is 0.323 e. The number of thiocarbonyl (C=S) groups is 1. The van der Waals surface area contributed by atoms with Gasteiger partial charge in [0.2, 0.25) is 0 Å². The maximum atomic E-state index is 13.6. The highest BCUT2D eigenvalue weighted by molar-refractivity contribution is 8.30. The summed E-state index contributed by atoms with van der Waals surface area (Å²) in [5.74, 6) is -2.56. The highest BCUT2D eigenvalue weighted by atomic mass is 32.2. The number of thiazole rings is 1. The molecule has 2 aromatic rings. The van der Waals surface area contributed by atoms with E-state index in [4.69, 9.17) is 17.0 Å².